The Labute approximate surface area is 97.7 Å². The molecule has 0 bridgehead atoms. The highest BCUT2D eigenvalue weighted by Crippen LogP contribution is 2.20. The van der Waals surface area contributed by atoms with Crippen LogP contribution >= 0.6 is 0 Å². The van der Waals surface area contributed by atoms with Crippen molar-refractivity contribution in [2.45, 2.75) is 32.6 Å². The number of amides is 1. The van der Waals surface area contributed by atoms with Crippen LogP contribution in [0.1, 0.15) is 32.6 Å². The Bertz CT molecular complexity index is 282. The van der Waals surface area contributed by atoms with Gasteiger partial charge in [0.25, 0.3) is 0 Å². The van der Waals surface area contributed by atoms with Gasteiger partial charge in [-0.3, -0.25) is 4.79 Å². The van der Waals surface area contributed by atoms with Crippen LogP contribution in [0.15, 0.2) is 11.6 Å². The molecule has 3 heteroatoms. The number of nitrogens with one attached hydrogen (secondary N) is 2. The second-order valence-electron chi connectivity index (χ2n) is 5.00. The molecule has 1 amide bonds. The Morgan fingerprint density at radius 3 is 3.00 bits per heavy atom. The van der Waals surface area contributed by atoms with Crippen molar-refractivity contribution in [1.82, 2.24) is 10.6 Å². The van der Waals surface area contributed by atoms with Crippen molar-refractivity contribution in [1.29, 1.82) is 0 Å². The molecule has 1 saturated heterocycles. The van der Waals surface area contributed by atoms with E-state index in [2.05, 4.69) is 16.7 Å². The van der Waals surface area contributed by atoms with Gasteiger partial charge < -0.3 is 10.6 Å². The van der Waals surface area contributed by atoms with E-state index in [1.807, 2.05) is 6.92 Å². The van der Waals surface area contributed by atoms with Crippen LogP contribution in [0.2, 0.25) is 0 Å². The Morgan fingerprint density at radius 1 is 1.62 bits per heavy atom. The van der Waals surface area contributed by atoms with Crippen molar-refractivity contribution < 1.29 is 4.79 Å². The molecule has 0 aromatic carbocycles. The van der Waals surface area contributed by atoms with E-state index in [0.29, 0.717) is 5.92 Å². The molecule has 1 aliphatic carbocycles. The molecule has 1 fully saturated rings. The summed E-state index contributed by atoms with van der Waals surface area (Å²) in [6.07, 6.45) is 7.13. The lowest BCUT2D eigenvalue weighted by Gasteiger charge is -2.31. The molecule has 16 heavy (non-hydrogen) atoms. The van der Waals surface area contributed by atoms with Gasteiger partial charge in [0, 0.05) is 12.5 Å². The second kappa shape index (κ2) is 5.48. The van der Waals surface area contributed by atoms with Gasteiger partial charge in [-0.2, -0.15) is 0 Å². The van der Waals surface area contributed by atoms with Gasteiger partial charge in [-0.25, -0.2) is 0 Å². The predicted octanol–water partition coefficient (Wildman–Crippen LogP) is 1.46. The van der Waals surface area contributed by atoms with E-state index in [-0.39, 0.29) is 11.8 Å². The molecule has 1 unspecified atom stereocenters. The third-order valence-electron chi connectivity index (χ3n) is 3.81. The normalized spacial score (nSPS) is 22.4. The molecule has 2 rings (SSSR count). The second-order valence-corrected chi connectivity index (χ2v) is 5.00. The summed E-state index contributed by atoms with van der Waals surface area (Å²) in [7, 11) is 0. The average Bonchev–Trinajstić information content (AvgIpc) is 2.67. The van der Waals surface area contributed by atoms with Gasteiger partial charge in [0.05, 0.1) is 0 Å². The third kappa shape index (κ3) is 2.85. The molecule has 90 valence electrons. The SMILES string of the molecule is CC(C(=O)NCCC1=CCCC1)C1CNC1. The minimum atomic E-state index is 0.166. The lowest BCUT2D eigenvalue weighted by molar-refractivity contribution is -0.126. The molecule has 0 spiro atoms. The molecular formula is C13H22N2O. The van der Waals surface area contributed by atoms with Crippen LogP contribution in [-0.4, -0.2) is 25.5 Å². The van der Waals surface area contributed by atoms with Gasteiger partial charge >= 0.3 is 0 Å². The first-order valence-electron chi connectivity index (χ1n) is 6.43. The number of hydrogen-bond donors (Lipinski definition) is 2. The zero-order valence-corrected chi connectivity index (χ0v) is 10.1. The fourth-order valence-corrected chi connectivity index (χ4v) is 2.35. The Kier molecular flexibility index (Phi) is 3.99. The van der Waals surface area contributed by atoms with Gasteiger partial charge in [0.2, 0.25) is 5.91 Å². The van der Waals surface area contributed by atoms with E-state index in [0.717, 1.165) is 26.1 Å². The molecule has 0 aromatic rings. The summed E-state index contributed by atoms with van der Waals surface area (Å²) < 4.78 is 0. The van der Waals surface area contributed by atoms with Crippen molar-refractivity contribution in [3.8, 4) is 0 Å². The highest BCUT2D eigenvalue weighted by molar-refractivity contribution is 5.78. The average molecular weight is 222 g/mol. The number of rotatable bonds is 5. The lowest BCUT2D eigenvalue weighted by atomic mass is 9.88. The van der Waals surface area contributed by atoms with Crippen LogP contribution < -0.4 is 10.6 Å². The maximum absolute atomic E-state index is 11.8. The molecule has 3 nitrogen and oxygen atoms in total. The fraction of sp³-hybridized carbons (Fsp3) is 0.769. The molecule has 2 aliphatic rings. The summed E-state index contributed by atoms with van der Waals surface area (Å²) in [6.45, 7) is 4.85. The summed E-state index contributed by atoms with van der Waals surface area (Å²) in [4.78, 5) is 11.8. The van der Waals surface area contributed by atoms with Crippen LogP contribution in [0.3, 0.4) is 0 Å². The fourth-order valence-electron chi connectivity index (χ4n) is 2.35. The molecule has 1 atom stereocenters. The first-order chi connectivity index (χ1) is 7.77. The number of carbonyl (C=O) groups is 1. The van der Waals surface area contributed by atoms with Crippen LogP contribution in [0.4, 0.5) is 0 Å². The van der Waals surface area contributed by atoms with Gasteiger partial charge in [0.1, 0.15) is 0 Å². The number of allylic oxidation sites excluding steroid dienone is 1. The highest BCUT2D eigenvalue weighted by atomic mass is 16.1. The molecule has 0 aromatic heterocycles. The molecule has 1 heterocycles. The predicted molar refractivity (Wildman–Crippen MR) is 65.1 cm³/mol. The zero-order chi connectivity index (χ0) is 11.4. The minimum absolute atomic E-state index is 0.166. The molecule has 1 aliphatic heterocycles. The van der Waals surface area contributed by atoms with E-state index in [1.54, 1.807) is 0 Å². The molecule has 2 N–H and O–H groups in total. The minimum Gasteiger partial charge on any atom is -0.356 e. The number of hydrogen-bond acceptors (Lipinski definition) is 2. The summed E-state index contributed by atoms with van der Waals surface area (Å²) in [6, 6.07) is 0. The first-order valence-corrected chi connectivity index (χ1v) is 6.43. The Hall–Kier alpha value is -0.830. The van der Waals surface area contributed by atoms with Crippen LogP contribution in [-0.2, 0) is 4.79 Å². The van der Waals surface area contributed by atoms with Crippen molar-refractivity contribution in [3.05, 3.63) is 11.6 Å². The lowest BCUT2D eigenvalue weighted by Crippen LogP contribution is -2.49. The van der Waals surface area contributed by atoms with Crippen LogP contribution in [0, 0.1) is 11.8 Å². The van der Waals surface area contributed by atoms with E-state index in [1.165, 1.54) is 24.8 Å². The largest absolute Gasteiger partial charge is 0.356 e. The first kappa shape index (κ1) is 11.6. The molecule has 0 radical (unpaired) electrons. The highest BCUT2D eigenvalue weighted by Gasteiger charge is 2.28. The van der Waals surface area contributed by atoms with Crippen molar-refractivity contribution in [2.75, 3.05) is 19.6 Å². The summed E-state index contributed by atoms with van der Waals surface area (Å²) in [5.41, 5.74) is 1.53. The third-order valence-corrected chi connectivity index (χ3v) is 3.81. The number of carbonyl (C=O) groups excluding carboxylic acids is 1. The van der Waals surface area contributed by atoms with E-state index < -0.39 is 0 Å². The van der Waals surface area contributed by atoms with E-state index in [9.17, 15) is 4.79 Å². The quantitative estimate of drug-likeness (QED) is 0.691. The van der Waals surface area contributed by atoms with Crippen molar-refractivity contribution >= 4 is 5.91 Å². The summed E-state index contributed by atoms with van der Waals surface area (Å²) in [5.74, 6) is 0.939. The van der Waals surface area contributed by atoms with Gasteiger partial charge in [-0.1, -0.05) is 18.6 Å². The van der Waals surface area contributed by atoms with E-state index >= 15 is 0 Å². The van der Waals surface area contributed by atoms with Gasteiger partial charge in [0.15, 0.2) is 0 Å². The van der Waals surface area contributed by atoms with Crippen LogP contribution in [0.5, 0.6) is 0 Å². The maximum Gasteiger partial charge on any atom is 0.223 e. The summed E-state index contributed by atoms with van der Waals surface area (Å²) in [5, 5.41) is 6.26. The smallest absolute Gasteiger partial charge is 0.223 e. The Balaban J connectivity index is 1.62. The summed E-state index contributed by atoms with van der Waals surface area (Å²) >= 11 is 0. The molecule has 0 saturated carbocycles. The van der Waals surface area contributed by atoms with Crippen molar-refractivity contribution in [2.24, 2.45) is 11.8 Å². The van der Waals surface area contributed by atoms with Crippen LogP contribution in [0.25, 0.3) is 0 Å². The van der Waals surface area contributed by atoms with Gasteiger partial charge in [-0.05, 0) is 44.7 Å². The Morgan fingerprint density at radius 2 is 2.44 bits per heavy atom. The maximum atomic E-state index is 11.8. The zero-order valence-electron chi connectivity index (χ0n) is 10.1. The van der Waals surface area contributed by atoms with E-state index in [4.69, 9.17) is 0 Å². The standard InChI is InChI=1S/C13H22N2O/c1-10(12-8-14-9-12)13(16)15-7-6-11-4-2-3-5-11/h4,10,12,14H,2-3,5-9H2,1H3,(H,15,16). The topological polar surface area (TPSA) is 41.1 Å². The van der Waals surface area contributed by atoms with Crippen molar-refractivity contribution in [3.63, 3.8) is 0 Å². The molecular weight excluding hydrogens is 200 g/mol. The monoisotopic (exact) mass is 222 g/mol. The van der Waals surface area contributed by atoms with Gasteiger partial charge in [-0.15, -0.1) is 0 Å².